The Labute approximate surface area is 131 Å². The van der Waals surface area contributed by atoms with Gasteiger partial charge < -0.3 is 4.90 Å². The summed E-state index contributed by atoms with van der Waals surface area (Å²) in [5.74, 6) is -0.756. The molecule has 0 N–H and O–H groups in total. The quantitative estimate of drug-likeness (QED) is 0.629. The number of halogens is 2. The predicted octanol–water partition coefficient (Wildman–Crippen LogP) is 2.25. The van der Waals surface area contributed by atoms with Crippen molar-refractivity contribution in [3.63, 3.8) is 0 Å². The molecule has 1 unspecified atom stereocenters. The molecule has 0 radical (unpaired) electrons. The zero-order valence-electron chi connectivity index (χ0n) is 11.0. The summed E-state index contributed by atoms with van der Waals surface area (Å²) in [6.45, 7) is 0. The lowest BCUT2D eigenvalue weighted by Crippen LogP contribution is -2.42. The van der Waals surface area contributed by atoms with Crippen molar-refractivity contribution in [2.75, 3.05) is 4.90 Å². The highest BCUT2D eigenvalue weighted by molar-refractivity contribution is 6.35. The lowest BCUT2D eigenvalue weighted by atomic mass is 10.2. The van der Waals surface area contributed by atoms with Gasteiger partial charge in [0, 0.05) is 16.1 Å². The Balaban J connectivity index is 1.91. The van der Waals surface area contributed by atoms with Crippen molar-refractivity contribution in [2.24, 2.45) is 0 Å². The number of carbonyl (C=O) groups excluding carboxylic acids is 3. The van der Waals surface area contributed by atoms with E-state index in [0.29, 0.717) is 22.1 Å². The molecule has 110 valence electrons. The summed E-state index contributed by atoms with van der Waals surface area (Å²) >= 11 is 11.8. The molecule has 21 heavy (non-hydrogen) atoms. The van der Waals surface area contributed by atoms with E-state index in [1.165, 1.54) is 23.1 Å². The fourth-order valence-corrected chi connectivity index (χ4v) is 3.09. The Morgan fingerprint density at radius 2 is 1.76 bits per heavy atom. The van der Waals surface area contributed by atoms with Crippen LogP contribution in [0.4, 0.5) is 5.69 Å². The third kappa shape index (κ3) is 2.63. The number of amides is 3. The van der Waals surface area contributed by atoms with Crippen LogP contribution in [0.3, 0.4) is 0 Å². The molecule has 2 fully saturated rings. The maximum Gasteiger partial charge on any atom is 0.257 e. The second-order valence-electron chi connectivity index (χ2n) is 5.20. The number of anilines is 1. The van der Waals surface area contributed by atoms with Gasteiger partial charge in [0.25, 0.3) is 5.91 Å². The smallest absolute Gasteiger partial charge is 0.257 e. The molecule has 1 saturated heterocycles. The number of hydrogen-bond donors (Lipinski definition) is 0. The molecule has 7 heteroatoms. The molecule has 1 heterocycles. The minimum atomic E-state index is -0.722. The van der Waals surface area contributed by atoms with Crippen molar-refractivity contribution in [2.45, 2.75) is 31.3 Å². The van der Waals surface area contributed by atoms with Gasteiger partial charge in [0.15, 0.2) is 0 Å². The Hall–Kier alpha value is -1.59. The van der Waals surface area contributed by atoms with E-state index < -0.39 is 11.9 Å². The van der Waals surface area contributed by atoms with Gasteiger partial charge in [-0.05, 0) is 31.0 Å². The van der Waals surface area contributed by atoms with Crippen LogP contribution in [0.2, 0.25) is 10.0 Å². The first kappa shape index (κ1) is 14.4. The summed E-state index contributed by atoms with van der Waals surface area (Å²) in [6, 6.07) is 3.89. The van der Waals surface area contributed by atoms with Gasteiger partial charge in [-0.1, -0.05) is 23.2 Å². The van der Waals surface area contributed by atoms with Crippen molar-refractivity contribution in [1.29, 1.82) is 0 Å². The molecule has 1 saturated carbocycles. The van der Waals surface area contributed by atoms with Gasteiger partial charge in [0.05, 0.1) is 12.1 Å². The second kappa shape index (κ2) is 5.31. The van der Waals surface area contributed by atoms with Crippen LogP contribution in [0, 0.1) is 0 Å². The van der Waals surface area contributed by atoms with Crippen LogP contribution in [0.25, 0.3) is 0 Å². The maximum atomic E-state index is 12.5. The van der Waals surface area contributed by atoms with Crippen LogP contribution in [-0.2, 0) is 14.4 Å². The summed E-state index contributed by atoms with van der Waals surface area (Å²) in [4.78, 5) is 38.3. The van der Waals surface area contributed by atoms with E-state index in [2.05, 4.69) is 0 Å². The Kier molecular flexibility index (Phi) is 3.63. The van der Waals surface area contributed by atoms with Gasteiger partial charge in [-0.25, -0.2) is 4.90 Å². The van der Waals surface area contributed by atoms with Crippen LogP contribution >= 0.6 is 23.2 Å². The number of benzene rings is 1. The van der Waals surface area contributed by atoms with E-state index in [0.717, 1.165) is 17.7 Å². The molecule has 0 aromatic heterocycles. The summed E-state index contributed by atoms with van der Waals surface area (Å²) in [5.41, 5.74) is 0.339. The SMILES string of the molecule is O=CN(C1CC1)C1CC(=O)N(c2cc(Cl)cc(Cl)c2)C1=O. The molecule has 5 nitrogen and oxygen atoms in total. The number of rotatable bonds is 4. The molecule has 1 aliphatic heterocycles. The van der Waals surface area contributed by atoms with E-state index in [1.54, 1.807) is 0 Å². The van der Waals surface area contributed by atoms with Crippen LogP contribution < -0.4 is 4.90 Å². The lowest BCUT2D eigenvalue weighted by Gasteiger charge is -2.23. The highest BCUT2D eigenvalue weighted by atomic mass is 35.5. The Bertz CT molecular complexity index is 610. The maximum absolute atomic E-state index is 12.5. The number of carbonyl (C=O) groups is 3. The van der Waals surface area contributed by atoms with Crippen LogP contribution in [0.15, 0.2) is 18.2 Å². The second-order valence-corrected chi connectivity index (χ2v) is 6.07. The van der Waals surface area contributed by atoms with Crippen molar-refractivity contribution < 1.29 is 14.4 Å². The van der Waals surface area contributed by atoms with Crippen molar-refractivity contribution in [3.8, 4) is 0 Å². The summed E-state index contributed by atoms with van der Waals surface area (Å²) in [6.07, 6.45) is 2.40. The van der Waals surface area contributed by atoms with Gasteiger partial charge in [-0.15, -0.1) is 0 Å². The molecule has 2 aliphatic rings. The first-order chi connectivity index (χ1) is 10.0. The molecule has 1 aromatic rings. The summed E-state index contributed by atoms with van der Waals surface area (Å²) < 4.78 is 0. The van der Waals surface area contributed by atoms with Crippen molar-refractivity contribution in [3.05, 3.63) is 28.2 Å². The summed E-state index contributed by atoms with van der Waals surface area (Å²) in [5, 5.41) is 0.687. The number of imide groups is 1. The molecule has 1 atom stereocenters. The van der Waals surface area contributed by atoms with E-state index in [-0.39, 0.29) is 18.4 Å². The van der Waals surface area contributed by atoms with Crippen molar-refractivity contribution in [1.82, 2.24) is 4.90 Å². The van der Waals surface area contributed by atoms with E-state index in [9.17, 15) is 14.4 Å². The minimum absolute atomic E-state index is 0.00178. The van der Waals surface area contributed by atoms with E-state index >= 15 is 0 Å². The van der Waals surface area contributed by atoms with Gasteiger partial charge >= 0.3 is 0 Å². The van der Waals surface area contributed by atoms with Gasteiger partial charge in [0.1, 0.15) is 6.04 Å². The predicted molar refractivity (Wildman–Crippen MR) is 78.3 cm³/mol. The summed E-state index contributed by atoms with van der Waals surface area (Å²) in [7, 11) is 0. The molecule has 3 amide bonds. The average Bonchev–Trinajstić information content (AvgIpc) is 3.17. The van der Waals surface area contributed by atoms with Gasteiger partial charge in [0.2, 0.25) is 12.3 Å². The normalized spacial score (nSPS) is 21.8. The Morgan fingerprint density at radius 1 is 1.14 bits per heavy atom. The van der Waals surface area contributed by atoms with Crippen LogP contribution in [-0.4, -0.2) is 35.2 Å². The van der Waals surface area contributed by atoms with E-state index in [4.69, 9.17) is 23.2 Å². The van der Waals surface area contributed by atoms with Crippen LogP contribution in [0.5, 0.6) is 0 Å². The molecule has 1 aromatic carbocycles. The molecule has 1 aliphatic carbocycles. The third-order valence-electron chi connectivity index (χ3n) is 3.68. The highest BCUT2D eigenvalue weighted by Gasteiger charge is 2.46. The first-order valence-electron chi connectivity index (χ1n) is 6.57. The average molecular weight is 327 g/mol. The van der Waals surface area contributed by atoms with Gasteiger partial charge in [-0.2, -0.15) is 0 Å². The molecule has 3 rings (SSSR count). The molecule has 0 spiro atoms. The van der Waals surface area contributed by atoms with Crippen LogP contribution in [0.1, 0.15) is 19.3 Å². The topological polar surface area (TPSA) is 57.7 Å². The molecular weight excluding hydrogens is 315 g/mol. The Morgan fingerprint density at radius 3 is 2.29 bits per heavy atom. The number of nitrogens with zero attached hydrogens (tertiary/aromatic N) is 2. The van der Waals surface area contributed by atoms with E-state index in [1.807, 2.05) is 0 Å². The highest BCUT2D eigenvalue weighted by Crippen LogP contribution is 2.34. The fourth-order valence-electron chi connectivity index (χ4n) is 2.58. The minimum Gasteiger partial charge on any atom is -0.330 e. The molecular formula is C14H12Cl2N2O3. The van der Waals surface area contributed by atoms with Crippen molar-refractivity contribution >= 4 is 47.1 Å². The lowest BCUT2D eigenvalue weighted by molar-refractivity contribution is -0.130. The zero-order valence-corrected chi connectivity index (χ0v) is 12.5. The number of hydrogen-bond acceptors (Lipinski definition) is 3. The third-order valence-corrected chi connectivity index (χ3v) is 4.11. The zero-order chi connectivity index (χ0) is 15.1. The largest absolute Gasteiger partial charge is 0.330 e. The monoisotopic (exact) mass is 326 g/mol. The first-order valence-corrected chi connectivity index (χ1v) is 7.32. The fraction of sp³-hybridized carbons (Fsp3) is 0.357. The molecule has 0 bridgehead atoms. The van der Waals surface area contributed by atoms with Gasteiger partial charge in [-0.3, -0.25) is 14.4 Å². The standard InChI is InChI=1S/C14H12Cl2N2O3/c15-8-3-9(16)5-11(4-8)18-13(20)6-12(14(18)21)17(7-19)10-1-2-10/h3-5,7,10,12H,1-2,6H2.